The largest absolute Gasteiger partial charge is 0.462 e. The molecule has 182 valence electrons. The predicted octanol–water partition coefficient (Wildman–Crippen LogP) is 4.38. The van der Waals surface area contributed by atoms with Gasteiger partial charge in [-0.25, -0.2) is 9.78 Å². The number of fused-ring (bicyclic) bond motifs is 1. The van der Waals surface area contributed by atoms with Crippen molar-refractivity contribution in [1.82, 2.24) is 19.7 Å². The standard InChI is InChI=1S/C24H25N5O4S2/c1-5-16(20(30)26-19-15(12-25-29(19)4)23(32)33-6-2)35-24-27-21(31)18-17(13(3)34-22(18)28-24)14-10-8-7-9-11-14/h7-12,16H,5-6H2,1-4H3,(H,26,30)(H,27,28,31). The number of ether oxygens (including phenoxy) is 1. The van der Waals surface area contributed by atoms with Crippen molar-refractivity contribution in [2.45, 2.75) is 37.6 Å². The number of amides is 1. The molecule has 4 rings (SSSR count). The summed E-state index contributed by atoms with van der Waals surface area (Å²) in [7, 11) is 1.63. The molecule has 9 nitrogen and oxygen atoms in total. The molecule has 1 unspecified atom stereocenters. The lowest BCUT2D eigenvalue weighted by Gasteiger charge is -2.15. The average Bonchev–Trinajstić information content (AvgIpc) is 3.37. The molecule has 1 atom stereocenters. The van der Waals surface area contributed by atoms with Crippen LogP contribution in [0.25, 0.3) is 21.3 Å². The van der Waals surface area contributed by atoms with Gasteiger partial charge in [-0.1, -0.05) is 49.0 Å². The van der Waals surface area contributed by atoms with Gasteiger partial charge in [-0.2, -0.15) is 5.10 Å². The van der Waals surface area contributed by atoms with Crippen LogP contribution in [0.5, 0.6) is 0 Å². The number of nitrogens with zero attached hydrogens (tertiary/aromatic N) is 3. The highest BCUT2D eigenvalue weighted by Crippen LogP contribution is 2.36. The highest BCUT2D eigenvalue weighted by atomic mass is 32.2. The Kier molecular flexibility index (Phi) is 7.37. The maximum atomic E-state index is 13.1. The van der Waals surface area contributed by atoms with Gasteiger partial charge in [0.25, 0.3) is 5.56 Å². The summed E-state index contributed by atoms with van der Waals surface area (Å²) in [5.74, 6) is -0.636. The van der Waals surface area contributed by atoms with Crippen LogP contribution in [0.1, 0.15) is 35.5 Å². The van der Waals surface area contributed by atoms with Crippen LogP contribution in [-0.4, -0.2) is 43.5 Å². The number of anilines is 1. The molecular formula is C24H25N5O4S2. The summed E-state index contributed by atoms with van der Waals surface area (Å²) < 4.78 is 6.46. The van der Waals surface area contributed by atoms with E-state index in [-0.39, 0.29) is 29.5 Å². The Morgan fingerprint density at radius 2 is 2.00 bits per heavy atom. The lowest BCUT2D eigenvalue weighted by Crippen LogP contribution is -2.27. The van der Waals surface area contributed by atoms with Gasteiger partial charge in [-0.15, -0.1) is 11.3 Å². The highest BCUT2D eigenvalue weighted by molar-refractivity contribution is 8.00. The van der Waals surface area contributed by atoms with Gasteiger partial charge >= 0.3 is 5.97 Å². The quantitative estimate of drug-likeness (QED) is 0.205. The van der Waals surface area contributed by atoms with Gasteiger partial charge in [0.2, 0.25) is 5.91 Å². The van der Waals surface area contributed by atoms with Crippen molar-refractivity contribution >= 4 is 51.0 Å². The molecule has 2 N–H and O–H groups in total. The van der Waals surface area contributed by atoms with Crippen molar-refractivity contribution in [3.63, 3.8) is 0 Å². The third-order valence-corrected chi connectivity index (χ3v) is 7.62. The molecule has 0 saturated heterocycles. The third-order valence-electron chi connectivity index (χ3n) is 5.37. The van der Waals surface area contributed by atoms with E-state index in [4.69, 9.17) is 4.74 Å². The van der Waals surface area contributed by atoms with E-state index in [1.807, 2.05) is 44.2 Å². The van der Waals surface area contributed by atoms with Gasteiger partial charge in [0.15, 0.2) is 5.16 Å². The maximum absolute atomic E-state index is 13.1. The second-order valence-electron chi connectivity index (χ2n) is 7.71. The van der Waals surface area contributed by atoms with E-state index in [0.717, 1.165) is 16.0 Å². The smallest absolute Gasteiger partial charge is 0.343 e. The number of carbonyl (C=O) groups excluding carboxylic acids is 2. The Labute approximate surface area is 209 Å². The number of benzene rings is 1. The average molecular weight is 512 g/mol. The minimum Gasteiger partial charge on any atom is -0.462 e. The Balaban J connectivity index is 1.60. The molecule has 1 amide bonds. The Bertz CT molecular complexity index is 1440. The molecule has 3 aromatic heterocycles. The first-order valence-electron chi connectivity index (χ1n) is 11.1. The number of aromatic amines is 1. The first-order chi connectivity index (χ1) is 16.8. The van der Waals surface area contributed by atoms with E-state index < -0.39 is 11.2 Å². The number of nitrogens with one attached hydrogen (secondary N) is 2. The fourth-order valence-corrected chi connectivity index (χ4v) is 5.71. The summed E-state index contributed by atoms with van der Waals surface area (Å²) in [5.41, 5.74) is 1.77. The number of thioether (sulfide) groups is 1. The monoisotopic (exact) mass is 511 g/mol. The fourth-order valence-electron chi connectivity index (χ4n) is 3.71. The molecule has 0 spiro atoms. The van der Waals surface area contributed by atoms with Crippen LogP contribution in [0.4, 0.5) is 5.82 Å². The topological polar surface area (TPSA) is 119 Å². The van der Waals surface area contributed by atoms with Gasteiger partial charge in [0.1, 0.15) is 16.2 Å². The number of hydrogen-bond acceptors (Lipinski definition) is 8. The van der Waals surface area contributed by atoms with Crippen LogP contribution in [0.3, 0.4) is 0 Å². The SMILES string of the molecule is CCOC(=O)c1cnn(C)c1NC(=O)C(CC)Sc1nc2sc(C)c(-c3ccccc3)c2c(=O)[nH]1. The number of hydrogen-bond donors (Lipinski definition) is 2. The molecule has 0 radical (unpaired) electrons. The number of carbonyl (C=O) groups is 2. The summed E-state index contributed by atoms with van der Waals surface area (Å²) in [6, 6.07) is 9.74. The Morgan fingerprint density at radius 3 is 2.69 bits per heavy atom. The number of thiophene rings is 1. The van der Waals surface area contributed by atoms with Crippen molar-refractivity contribution in [1.29, 1.82) is 0 Å². The van der Waals surface area contributed by atoms with Crippen LogP contribution >= 0.6 is 23.1 Å². The van der Waals surface area contributed by atoms with Gasteiger partial charge in [-0.3, -0.25) is 14.3 Å². The number of aryl methyl sites for hydroxylation is 2. The molecule has 0 aliphatic rings. The van der Waals surface area contributed by atoms with Gasteiger partial charge in [0.05, 0.1) is 23.4 Å². The second kappa shape index (κ2) is 10.4. The van der Waals surface area contributed by atoms with Crippen molar-refractivity contribution in [2.75, 3.05) is 11.9 Å². The lowest BCUT2D eigenvalue weighted by atomic mass is 10.0. The first-order valence-corrected chi connectivity index (χ1v) is 12.8. The van der Waals surface area contributed by atoms with E-state index >= 15 is 0 Å². The van der Waals surface area contributed by atoms with Crippen LogP contribution in [0.15, 0.2) is 46.5 Å². The van der Waals surface area contributed by atoms with Crippen molar-refractivity contribution < 1.29 is 14.3 Å². The van der Waals surface area contributed by atoms with E-state index in [1.54, 1.807) is 14.0 Å². The Morgan fingerprint density at radius 1 is 1.26 bits per heavy atom. The summed E-state index contributed by atoms with van der Waals surface area (Å²) in [6.07, 6.45) is 1.84. The van der Waals surface area contributed by atoms with Crippen molar-refractivity contribution in [3.05, 3.63) is 57.3 Å². The molecule has 0 aliphatic heterocycles. The molecule has 0 saturated carbocycles. The minimum atomic E-state index is -0.560. The molecule has 35 heavy (non-hydrogen) atoms. The highest BCUT2D eigenvalue weighted by Gasteiger charge is 2.25. The molecule has 1 aromatic carbocycles. The number of esters is 1. The second-order valence-corrected chi connectivity index (χ2v) is 10.1. The summed E-state index contributed by atoms with van der Waals surface area (Å²) in [5, 5.41) is 7.19. The molecule has 0 fully saturated rings. The number of aromatic nitrogens is 4. The summed E-state index contributed by atoms with van der Waals surface area (Å²) in [6.45, 7) is 5.76. The van der Waals surface area contributed by atoms with Crippen LogP contribution in [-0.2, 0) is 16.6 Å². The van der Waals surface area contributed by atoms with Crippen LogP contribution < -0.4 is 10.9 Å². The maximum Gasteiger partial charge on any atom is 0.343 e. The van der Waals surface area contributed by atoms with Crippen LogP contribution in [0, 0.1) is 6.92 Å². The normalized spacial score (nSPS) is 12.0. The first kappa shape index (κ1) is 24.7. The van der Waals surface area contributed by atoms with E-state index in [0.29, 0.717) is 21.8 Å². The molecule has 4 aromatic rings. The Hall–Kier alpha value is -3.44. The third kappa shape index (κ3) is 5.01. The fraction of sp³-hybridized carbons (Fsp3) is 0.292. The zero-order valence-corrected chi connectivity index (χ0v) is 21.4. The molecule has 3 heterocycles. The molecule has 11 heteroatoms. The predicted molar refractivity (Wildman–Crippen MR) is 138 cm³/mol. The summed E-state index contributed by atoms with van der Waals surface area (Å²) in [4.78, 5) is 47.5. The van der Waals surface area contributed by atoms with Crippen molar-refractivity contribution in [3.8, 4) is 11.1 Å². The van der Waals surface area contributed by atoms with E-state index in [9.17, 15) is 14.4 Å². The number of rotatable bonds is 8. The van der Waals surface area contributed by atoms with Gasteiger partial charge in [-0.05, 0) is 25.8 Å². The lowest BCUT2D eigenvalue weighted by molar-refractivity contribution is -0.115. The van der Waals surface area contributed by atoms with E-state index in [1.165, 1.54) is 34.0 Å². The zero-order chi connectivity index (χ0) is 25.1. The molecule has 0 aliphatic carbocycles. The van der Waals surface area contributed by atoms with Gasteiger partial charge < -0.3 is 15.0 Å². The van der Waals surface area contributed by atoms with Gasteiger partial charge in [0, 0.05) is 17.5 Å². The summed E-state index contributed by atoms with van der Waals surface area (Å²) >= 11 is 2.62. The van der Waals surface area contributed by atoms with Crippen molar-refractivity contribution in [2.24, 2.45) is 7.05 Å². The molecule has 0 bridgehead atoms. The van der Waals surface area contributed by atoms with E-state index in [2.05, 4.69) is 20.4 Å². The minimum absolute atomic E-state index is 0.179. The molecular weight excluding hydrogens is 486 g/mol. The van der Waals surface area contributed by atoms with Crippen LogP contribution in [0.2, 0.25) is 0 Å². The number of H-pyrrole nitrogens is 1. The zero-order valence-electron chi connectivity index (χ0n) is 19.7.